The lowest BCUT2D eigenvalue weighted by Crippen LogP contribution is -2.01. The van der Waals surface area contributed by atoms with E-state index in [1.807, 2.05) is 0 Å². The van der Waals surface area contributed by atoms with Crippen molar-refractivity contribution in [3.05, 3.63) is 21.6 Å². The van der Waals surface area contributed by atoms with Gasteiger partial charge in [-0.05, 0) is 6.92 Å². The fourth-order valence-corrected chi connectivity index (χ4v) is 0.932. The molecule has 0 unspecified atom stereocenters. The molecule has 1 aromatic rings. The summed E-state index contributed by atoms with van der Waals surface area (Å²) in [5, 5.41) is 10.3. The Labute approximate surface area is 78.7 Å². The first-order valence-corrected chi connectivity index (χ1v) is 3.82. The van der Waals surface area contributed by atoms with Gasteiger partial charge in [-0.2, -0.15) is 4.98 Å². The van der Waals surface area contributed by atoms with Crippen LogP contribution in [0.5, 0.6) is 5.88 Å². The molecule has 0 fully saturated rings. The van der Waals surface area contributed by atoms with E-state index in [0.29, 0.717) is 0 Å². The number of nitrogens with zero attached hydrogens (tertiary/aromatic N) is 3. The van der Waals surface area contributed by atoms with Crippen LogP contribution in [0.3, 0.4) is 0 Å². The number of hydrogen-bond donors (Lipinski definition) is 0. The van der Waals surface area contributed by atoms with E-state index in [4.69, 9.17) is 16.3 Å². The van der Waals surface area contributed by atoms with Gasteiger partial charge in [0.1, 0.15) is 6.33 Å². The minimum Gasteiger partial charge on any atom is -0.473 e. The SMILES string of the molecule is CCOc1ncnc(Cl)c1[N+](=O)[O-]. The molecule has 0 radical (unpaired) electrons. The summed E-state index contributed by atoms with van der Waals surface area (Å²) in [6.07, 6.45) is 1.11. The van der Waals surface area contributed by atoms with Crippen molar-refractivity contribution in [1.82, 2.24) is 9.97 Å². The van der Waals surface area contributed by atoms with Crippen LogP contribution < -0.4 is 4.74 Å². The molecular formula is C6H6ClN3O3. The molecule has 70 valence electrons. The quantitative estimate of drug-likeness (QED) is 0.422. The van der Waals surface area contributed by atoms with Gasteiger partial charge in [0, 0.05) is 0 Å². The van der Waals surface area contributed by atoms with Gasteiger partial charge in [-0.3, -0.25) is 10.1 Å². The summed E-state index contributed by atoms with van der Waals surface area (Å²) in [5.41, 5.74) is -0.397. The number of ether oxygens (including phenoxy) is 1. The number of halogens is 1. The lowest BCUT2D eigenvalue weighted by atomic mass is 10.5. The summed E-state index contributed by atoms with van der Waals surface area (Å²) in [4.78, 5) is 16.9. The van der Waals surface area contributed by atoms with Crippen LogP contribution in [0.15, 0.2) is 6.33 Å². The molecule has 1 rings (SSSR count). The zero-order valence-corrected chi connectivity index (χ0v) is 7.48. The first-order chi connectivity index (χ1) is 6.16. The molecule has 0 aliphatic rings. The number of aromatic nitrogens is 2. The van der Waals surface area contributed by atoms with E-state index < -0.39 is 10.6 Å². The highest BCUT2D eigenvalue weighted by atomic mass is 35.5. The van der Waals surface area contributed by atoms with Gasteiger partial charge in [-0.15, -0.1) is 0 Å². The molecule has 0 saturated carbocycles. The summed E-state index contributed by atoms with van der Waals surface area (Å²) in [5.74, 6) is -0.104. The largest absolute Gasteiger partial charge is 0.473 e. The number of rotatable bonds is 3. The molecule has 1 heterocycles. The molecule has 0 aliphatic heterocycles. The van der Waals surface area contributed by atoms with E-state index in [2.05, 4.69) is 9.97 Å². The molecule has 0 spiro atoms. The highest BCUT2D eigenvalue weighted by Gasteiger charge is 2.22. The second-order valence-electron chi connectivity index (χ2n) is 2.01. The third-order valence-corrected chi connectivity index (χ3v) is 1.48. The Morgan fingerprint density at radius 3 is 2.92 bits per heavy atom. The van der Waals surface area contributed by atoms with E-state index in [1.165, 1.54) is 0 Å². The Kier molecular flexibility index (Phi) is 2.97. The van der Waals surface area contributed by atoms with Crippen LogP contribution in [0.1, 0.15) is 6.92 Å². The van der Waals surface area contributed by atoms with Gasteiger partial charge < -0.3 is 4.74 Å². The smallest absolute Gasteiger partial charge is 0.367 e. The molecule has 0 N–H and O–H groups in total. The van der Waals surface area contributed by atoms with Gasteiger partial charge in [0.05, 0.1) is 11.5 Å². The Morgan fingerprint density at radius 1 is 1.69 bits per heavy atom. The fourth-order valence-electron chi connectivity index (χ4n) is 0.738. The van der Waals surface area contributed by atoms with Crippen LogP contribution in [0.2, 0.25) is 5.15 Å². The lowest BCUT2D eigenvalue weighted by Gasteiger charge is -2.01. The summed E-state index contributed by atoms with van der Waals surface area (Å²) in [7, 11) is 0. The van der Waals surface area contributed by atoms with Gasteiger partial charge in [0.25, 0.3) is 5.88 Å². The Bertz CT molecular complexity index is 331. The third kappa shape index (κ3) is 2.03. The van der Waals surface area contributed by atoms with Crippen LogP contribution in [-0.4, -0.2) is 21.5 Å². The van der Waals surface area contributed by atoms with Crippen molar-refractivity contribution in [2.75, 3.05) is 6.61 Å². The van der Waals surface area contributed by atoms with Crippen molar-refractivity contribution >= 4 is 17.3 Å². The van der Waals surface area contributed by atoms with Crippen LogP contribution >= 0.6 is 11.6 Å². The summed E-state index contributed by atoms with van der Waals surface area (Å²) in [6.45, 7) is 1.98. The van der Waals surface area contributed by atoms with Crippen molar-refractivity contribution in [3.63, 3.8) is 0 Å². The zero-order valence-electron chi connectivity index (χ0n) is 6.73. The lowest BCUT2D eigenvalue weighted by molar-refractivity contribution is -0.386. The highest BCUT2D eigenvalue weighted by Crippen LogP contribution is 2.29. The fraction of sp³-hybridized carbons (Fsp3) is 0.333. The average Bonchev–Trinajstić information content (AvgIpc) is 2.04. The molecule has 6 nitrogen and oxygen atoms in total. The summed E-state index contributed by atoms with van der Waals surface area (Å²) < 4.78 is 4.90. The minimum absolute atomic E-state index is 0.104. The van der Waals surface area contributed by atoms with E-state index in [-0.39, 0.29) is 17.6 Å². The highest BCUT2D eigenvalue weighted by molar-refractivity contribution is 6.31. The molecule has 13 heavy (non-hydrogen) atoms. The van der Waals surface area contributed by atoms with Crippen molar-refractivity contribution in [2.24, 2.45) is 0 Å². The molecule has 0 aliphatic carbocycles. The topological polar surface area (TPSA) is 78.2 Å². The monoisotopic (exact) mass is 203 g/mol. The molecular weight excluding hydrogens is 198 g/mol. The van der Waals surface area contributed by atoms with Crippen molar-refractivity contribution < 1.29 is 9.66 Å². The second kappa shape index (κ2) is 3.99. The molecule has 0 bridgehead atoms. The van der Waals surface area contributed by atoms with E-state index in [1.54, 1.807) is 6.92 Å². The maximum absolute atomic E-state index is 10.5. The molecule has 1 aromatic heterocycles. The molecule has 7 heteroatoms. The van der Waals surface area contributed by atoms with E-state index >= 15 is 0 Å². The first-order valence-electron chi connectivity index (χ1n) is 3.44. The minimum atomic E-state index is -0.673. The summed E-state index contributed by atoms with van der Waals surface area (Å²) in [6, 6.07) is 0. The van der Waals surface area contributed by atoms with Gasteiger partial charge >= 0.3 is 5.69 Å². The Morgan fingerprint density at radius 2 is 2.38 bits per heavy atom. The third-order valence-electron chi connectivity index (χ3n) is 1.21. The van der Waals surface area contributed by atoms with E-state index in [9.17, 15) is 10.1 Å². The zero-order chi connectivity index (χ0) is 9.84. The normalized spacial score (nSPS) is 9.69. The number of hydrogen-bond acceptors (Lipinski definition) is 5. The Hall–Kier alpha value is -1.43. The summed E-state index contributed by atoms with van der Waals surface area (Å²) >= 11 is 5.49. The average molecular weight is 204 g/mol. The van der Waals surface area contributed by atoms with Crippen LogP contribution in [0, 0.1) is 10.1 Å². The van der Waals surface area contributed by atoms with Crippen molar-refractivity contribution in [1.29, 1.82) is 0 Å². The van der Waals surface area contributed by atoms with Gasteiger partial charge in [-0.1, -0.05) is 11.6 Å². The van der Waals surface area contributed by atoms with Crippen LogP contribution in [-0.2, 0) is 0 Å². The van der Waals surface area contributed by atoms with E-state index in [0.717, 1.165) is 6.33 Å². The Balaban J connectivity index is 3.17. The van der Waals surface area contributed by atoms with Crippen LogP contribution in [0.4, 0.5) is 5.69 Å². The first kappa shape index (κ1) is 9.66. The second-order valence-corrected chi connectivity index (χ2v) is 2.37. The van der Waals surface area contributed by atoms with Crippen molar-refractivity contribution in [3.8, 4) is 5.88 Å². The predicted molar refractivity (Wildman–Crippen MR) is 44.9 cm³/mol. The van der Waals surface area contributed by atoms with Gasteiger partial charge in [-0.25, -0.2) is 4.98 Å². The number of nitro groups is 1. The maximum atomic E-state index is 10.5. The van der Waals surface area contributed by atoms with Gasteiger partial charge in [0.2, 0.25) is 5.15 Å². The molecule has 0 saturated heterocycles. The van der Waals surface area contributed by atoms with Crippen LogP contribution in [0.25, 0.3) is 0 Å². The maximum Gasteiger partial charge on any atom is 0.367 e. The van der Waals surface area contributed by atoms with Crippen molar-refractivity contribution in [2.45, 2.75) is 6.92 Å². The predicted octanol–water partition coefficient (Wildman–Crippen LogP) is 1.44. The van der Waals surface area contributed by atoms with Gasteiger partial charge in [0.15, 0.2) is 0 Å². The standard InChI is InChI=1S/C6H6ClN3O3/c1-2-13-6-4(10(11)12)5(7)8-3-9-6/h3H,2H2,1H3. The molecule has 0 amide bonds. The molecule has 0 atom stereocenters. The molecule has 0 aromatic carbocycles.